The molecule has 2 aliphatic rings. The van der Waals surface area contributed by atoms with Crippen LogP contribution in [0.5, 0.6) is 0 Å². The van der Waals surface area contributed by atoms with Crippen molar-refractivity contribution in [2.45, 2.75) is 43.9 Å². The maximum absolute atomic E-state index is 12.5. The van der Waals surface area contributed by atoms with Crippen molar-refractivity contribution < 1.29 is 12.3 Å². The lowest BCUT2D eigenvalue weighted by molar-refractivity contribution is -0.000258. The van der Waals surface area contributed by atoms with Gasteiger partial charge in [0.2, 0.25) is 0 Å². The van der Waals surface area contributed by atoms with Gasteiger partial charge in [-0.05, 0) is 25.9 Å². The number of aromatic nitrogens is 1. The minimum Gasteiger partial charge on any atom is -0.459 e. The molecule has 2 saturated heterocycles. The number of para-hydroxylation sites is 1. The third-order valence-corrected chi connectivity index (χ3v) is 5.00. The van der Waals surface area contributed by atoms with E-state index in [9.17, 15) is 4.79 Å². The number of benzene rings is 1. The summed E-state index contributed by atoms with van der Waals surface area (Å²) in [5.74, 6) is -0.352. The number of hydrogen-bond donors (Lipinski definition) is 1. The molecule has 3 atom stereocenters. The van der Waals surface area contributed by atoms with E-state index >= 15 is 0 Å². The Morgan fingerprint density at radius 2 is 2.19 bits per heavy atom. The van der Waals surface area contributed by atoms with Gasteiger partial charge in [-0.1, -0.05) is 18.2 Å². The maximum Gasteiger partial charge on any atom is 0.340 e. The second kappa shape index (κ2) is 4.88. The van der Waals surface area contributed by atoms with Crippen molar-refractivity contribution in [2.24, 2.45) is 0 Å². The quantitative estimate of drug-likeness (QED) is 0.863. The lowest BCUT2D eigenvalue weighted by atomic mass is 10.0. The zero-order valence-corrected chi connectivity index (χ0v) is 12.1. The van der Waals surface area contributed by atoms with Crippen molar-refractivity contribution in [3.8, 4) is 0 Å². The van der Waals surface area contributed by atoms with Crippen LogP contribution in [0.15, 0.2) is 30.4 Å². The van der Waals surface area contributed by atoms with E-state index in [1.54, 1.807) is 12.3 Å². The van der Waals surface area contributed by atoms with Crippen LogP contribution in [0.2, 0.25) is 0 Å². The molecule has 0 aliphatic carbocycles. The Labute approximate surface area is 126 Å². The van der Waals surface area contributed by atoms with E-state index in [1.807, 2.05) is 0 Å². The average molecular weight is 286 g/mol. The zero-order chi connectivity index (χ0) is 16.1. The molecule has 110 valence electrons. The van der Waals surface area contributed by atoms with Crippen LogP contribution in [0.25, 0.3) is 10.9 Å². The Morgan fingerprint density at radius 3 is 2.95 bits per heavy atom. The van der Waals surface area contributed by atoms with E-state index in [2.05, 4.69) is 16.9 Å². The summed E-state index contributed by atoms with van der Waals surface area (Å²) in [6, 6.07) is 4.57. The number of piperidine rings is 1. The third kappa shape index (κ3) is 2.14. The van der Waals surface area contributed by atoms with Gasteiger partial charge in [-0.3, -0.25) is 0 Å². The summed E-state index contributed by atoms with van der Waals surface area (Å²) in [6.07, 6.45) is 5.73. The van der Waals surface area contributed by atoms with Gasteiger partial charge in [0, 0.05) is 42.0 Å². The second-order valence-corrected chi connectivity index (χ2v) is 6.14. The Morgan fingerprint density at radius 1 is 1.43 bits per heavy atom. The molecule has 2 bridgehead atoms. The fourth-order valence-electron chi connectivity index (χ4n) is 3.78. The smallest absolute Gasteiger partial charge is 0.340 e. The van der Waals surface area contributed by atoms with Crippen LogP contribution in [0.3, 0.4) is 0 Å². The molecular weight excluding hydrogens is 264 g/mol. The fraction of sp³-hybridized carbons (Fsp3) is 0.471. The minimum absolute atomic E-state index is 0.0317. The molecule has 1 aromatic heterocycles. The third-order valence-electron chi connectivity index (χ3n) is 5.00. The number of rotatable bonds is 2. The van der Waals surface area contributed by atoms with Gasteiger partial charge in [-0.15, -0.1) is 0 Å². The maximum atomic E-state index is 12.5. The van der Waals surface area contributed by atoms with Gasteiger partial charge in [0.15, 0.2) is 0 Å². The molecule has 2 fully saturated rings. The SMILES string of the molecule is [2H]c1cc([2H])c2[nH]cc(C(=O)OC3CC4CC[C@H](C3)N4C)c2c1. The van der Waals surface area contributed by atoms with Crippen LogP contribution in [-0.2, 0) is 4.74 Å². The van der Waals surface area contributed by atoms with E-state index < -0.39 is 0 Å². The molecule has 2 aromatic rings. The first-order valence-corrected chi connectivity index (χ1v) is 7.54. The van der Waals surface area contributed by atoms with Gasteiger partial charge < -0.3 is 14.6 Å². The standard InChI is InChI=1S/C17H20N2O2/c1-19-11-6-7-12(19)9-13(8-11)21-17(20)15-10-18-16-5-3-2-4-14(15)16/h2-5,10-13,18H,6-9H2,1H3/t11-,12?,13?/m1/s1/i2D,5D. The predicted molar refractivity (Wildman–Crippen MR) is 81.3 cm³/mol. The molecule has 0 spiro atoms. The van der Waals surface area contributed by atoms with Gasteiger partial charge in [0.05, 0.1) is 8.30 Å². The summed E-state index contributed by atoms with van der Waals surface area (Å²) in [6.45, 7) is 0. The van der Waals surface area contributed by atoms with Crippen LogP contribution in [0.4, 0.5) is 0 Å². The van der Waals surface area contributed by atoms with E-state index in [1.165, 1.54) is 18.9 Å². The monoisotopic (exact) mass is 286 g/mol. The van der Waals surface area contributed by atoms with Crippen LogP contribution in [-0.4, -0.2) is 41.1 Å². The Hall–Kier alpha value is -1.81. The topological polar surface area (TPSA) is 45.3 Å². The molecule has 1 N–H and O–H groups in total. The van der Waals surface area contributed by atoms with Gasteiger partial charge >= 0.3 is 5.97 Å². The average Bonchev–Trinajstić information content (AvgIpc) is 2.98. The Bertz CT molecular complexity index is 759. The summed E-state index contributed by atoms with van der Waals surface area (Å²) in [5, 5.41) is 0.600. The summed E-state index contributed by atoms with van der Waals surface area (Å²) in [4.78, 5) is 17.9. The molecule has 2 aliphatic heterocycles. The molecule has 0 amide bonds. The van der Waals surface area contributed by atoms with Crippen molar-refractivity contribution in [1.82, 2.24) is 9.88 Å². The van der Waals surface area contributed by atoms with E-state index in [0.29, 0.717) is 28.6 Å². The first-order chi connectivity index (χ1) is 11.0. The number of H-pyrrole nitrogens is 1. The Balaban J connectivity index is 1.56. The van der Waals surface area contributed by atoms with Gasteiger partial charge in [0.1, 0.15) is 6.10 Å². The molecular formula is C17H20N2O2. The van der Waals surface area contributed by atoms with Crippen molar-refractivity contribution in [2.75, 3.05) is 7.05 Å². The van der Waals surface area contributed by atoms with Crippen molar-refractivity contribution in [1.29, 1.82) is 0 Å². The van der Waals surface area contributed by atoms with Gasteiger partial charge in [0.25, 0.3) is 0 Å². The minimum atomic E-state index is -0.352. The van der Waals surface area contributed by atoms with E-state index in [-0.39, 0.29) is 24.2 Å². The lowest BCUT2D eigenvalue weighted by Gasteiger charge is -2.35. The number of ether oxygens (including phenoxy) is 1. The molecule has 4 nitrogen and oxygen atoms in total. The van der Waals surface area contributed by atoms with Crippen LogP contribution in [0.1, 0.15) is 38.8 Å². The molecule has 0 saturated carbocycles. The lowest BCUT2D eigenvalue weighted by Crippen LogP contribution is -2.43. The van der Waals surface area contributed by atoms with Crippen LogP contribution in [0, 0.1) is 0 Å². The number of nitrogens with zero attached hydrogens (tertiary/aromatic N) is 1. The number of carbonyl (C=O) groups excluding carboxylic acids is 1. The summed E-state index contributed by atoms with van der Waals surface area (Å²) in [5.41, 5.74) is 1.00. The first kappa shape index (κ1) is 10.9. The van der Waals surface area contributed by atoms with Crippen molar-refractivity contribution in [3.63, 3.8) is 0 Å². The number of carbonyl (C=O) groups is 1. The highest BCUT2D eigenvalue weighted by Crippen LogP contribution is 2.35. The Kier molecular flexibility index (Phi) is 2.52. The van der Waals surface area contributed by atoms with Gasteiger partial charge in [-0.25, -0.2) is 4.79 Å². The normalized spacial score (nSPS) is 30.2. The molecule has 4 heteroatoms. The highest BCUT2D eigenvalue weighted by atomic mass is 16.5. The van der Waals surface area contributed by atoms with Crippen LogP contribution < -0.4 is 0 Å². The largest absolute Gasteiger partial charge is 0.459 e. The molecule has 1 aromatic carbocycles. The molecule has 21 heavy (non-hydrogen) atoms. The summed E-state index contributed by atoms with van der Waals surface area (Å²) in [7, 11) is 2.16. The molecule has 4 rings (SSSR count). The first-order valence-electron chi connectivity index (χ1n) is 8.54. The molecule has 0 radical (unpaired) electrons. The fourth-order valence-corrected chi connectivity index (χ4v) is 3.78. The van der Waals surface area contributed by atoms with Gasteiger partial charge in [-0.2, -0.15) is 0 Å². The highest BCUT2D eigenvalue weighted by Gasteiger charge is 2.40. The highest BCUT2D eigenvalue weighted by molar-refractivity contribution is 6.04. The zero-order valence-electron chi connectivity index (χ0n) is 14.1. The van der Waals surface area contributed by atoms with Crippen LogP contribution >= 0.6 is 0 Å². The summed E-state index contributed by atoms with van der Waals surface area (Å²) >= 11 is 0. The molecule has 3 heterocycles. The van der Waals surface area contributed by atoms with Crippen molar-refractivity contribution in [3.05, 3.63) is 36.0 Å². The van der Waals surface area contributed by atoms with Crippen molar-refractivity contribution >= 4 is 16.9 Å². The van der Waals surface area contributed by atoms with E-state index in [4.69, 9.17) is 7.48 Å². The number of hydrogen-bond acceptors (Lipinski definition) is 3. The van der Waals surface area contributed by atoms with E-state index in [0.717, 1.165) is 12.8 Å². The molecule has 2 unspecified atom stereocenters. The number of nitrogens with one attached hydrogen (secondary N) is 1. The number of esters is 1. The number of fused-ring (bicyclic) bond motifs is 3. The second-order valence-electron chi connectivity index (χ2n) is 6.14. The predicted octanol–water partition coefficient (Wildman–Crippen LogP) is 2.95. The summed E-state index contributed by atoms with van der Waals surface area (Å²) < 4.78 is 21.4. The number of aromatic amines is 1.